The van der Waals surface area contributed by atoms with E-state index in [0.717, 1.165) is 17.9 Å². The van der Waals surface area contributed by atoms with Crippen LogP contribution in [0.5, 0.6) is 11.5 Å². The fourth-order valence-electron chi connectivity index (χ4n) is 2.89. The third kappa shape index (κ3) is 3.21. The van der Waals surface area contributed by atoms with Crippen molar-refractivity contribution < 1.29 is 9.84 Å². The van der Waals surface area contributed by atoms with Crippen LogP contribution in [0.1, 0.15) is 39.3 Å². The first-order valence-electron chi connectivity index (χ1n) is 7.18. The molecule has 1 aliphatic rings. The van der Waals surface area contributed by atoms with Gasteiger partial charge in [0.2, 0.25) is 0 Å². The van der Waals surface area contributed by atoms with Crippen LogP contribution in [0, 0.1) is 17.8 Å². The monoisotopic (exact) mass is 263 g/mol. The van der Waals surface area contributed by atoms with Crippen molar-refractivity contribution in [1.82, 2.24) is 5.32 Å². The number of phenolic OH excluding ortho intramolecular Hbond substituents is 1. The average Bonchev–Trinajstić information content (AvgIpc) is 2.71. The lowest BCUT2D eigenvalue weighted by Gasteiger charge is -2.26. The van der Waals surface area contributed by atoms with Crippen LogP contribution in [0.4, 0.5) is 0 Å². The molecule has 3 heteroatoms. The van der Waals surface area contributed by atoms with Gasteiger partial charge in [0.15, 0.2) is 0 Å². The zero-order valence-corrected chi connectivity index (χ0v) is 12.3. The van der Waals surface area contributed by atoms with Gasteiger partial charge >= 0.3 is 0 Å². The van der Waals surface area contributed by atoms with Gasteiger partial charge in [0.05, 0.1) is 6.04 Å². The molecule has 0 amide bonds. The molecule has 0 fully saturated rings. The second-order valence-electron chi connectivity index (χ2n) is 6.15. The molecular formula is C16H25NO2. The summed E-state index contributed by atoms with van der Waals surface area (Å²) in [5.41, 5.74) is 1.16. The predicted molar refractivity (Wildman–Crippen MR) is 77.5 cm³/mol. The lowest BCUT2D eigenvalue weighted by molar-refractivity contribution is 0.248. The summed E-state index contributed by atoms with van der Waals surface area (Å²) in [5.74, 6) is 3.09. The molecular weight excluding hydrogens is 238 g/mol. The maximum Gasteiger partial charge on any atom is 0.127 e. The number of benzene rings is 1. The first kappa shape index (κ1) is 14.2. The molecule has 2 rings (SSSR count). The van der Waals surface area contributed by atoms with Gasteiger partial charge in [0, 0.05) is 11.6 Å². The number of nitrogens with one attached hydrogen (secondary N) is 1. The highest BCUT2D eigenvalue weighted by Crippen LogP contribution is 2.35. The zero-order chi connectivity index (χ0) is 14.0. The average molecular weight is 263 g/mol. The van der Waals surface area contributed by atoms with Gasteiger partial charge in [-0.15, -0.1) is 0 Å². The van der Waals surface area contributed by atoms with E-state index < -0.39 is 0 Å². The standard InChI is InChI=1S/C16H25NO2/c1-10(2)14(11(3)4)8-17-15-9-19-16-7-12(18)5-6-13(15)16/h5-7,10-11,14-15,17-18H,8-9H2,1-4H3. The summed E-state index contributed by atoms with van der Waals surface area (Å²) in [7, 11) is 0. The van der Waals surface area contributed by atoms with Crippen molar-refractivity contribution in [2.45, 2.75) is 33.7 Å². The largest absolute Gasteiger partial charge is 0.508 e. The van der Waals surface area contributed by atoms with Gasteiger partial charge in [0.1, 0.15) is 18.1 Å². The van der Waals surface area contributed by atoms with Gasteiger partial charge in [-0.3, -0.25) is 0 Å². The second-order valence-corrected chi connectivity index (χ2v) is 6.15. The fourth-order valence-corrected chi connectivity index (χ4v) is 2.89. The van der Waals surface area contributed by atoms with Crippen LogP contribution in [0.2, 0.25) is 0 Å². The number of aromatic hydroxyl groups is 1. The topological polar surface area (TPSA) is 41.5 Å². The molecule has 1 aliphatic heterocycles. The normalized spacial score (nSPS) is 18.2. The lowest BCUT2D eigenvalue weighted by atomic mass is 9.85. The van der Waals surface area contributed by atoms with E-state index in [1.54, 1.807) is 12.1 Å². The van der Waals surface area contributed by atoms with Crippen LogP contribution in [-0.4, -0.2) is 18.3 Å². The van der Waals surface area contributed by atoms with E-state index >= 15 is 0 Å². The van der Waals surface area contributed by atoms with Gasteiger partial charge in [0.25, 0.3) is 0 Å². The molecule has 0 bridgehead atoms. The summed E-state index contributed by atoms with van der Waals surface area (Å²) >= 11 is 0. The molecule has 106 valence electrons. The Morgan fingerprint density at radius 1 is 1.26 bits per heavy atom. The molecule has 0 saturated heterocycles. The van der Waals surface area contributed by atoms with Gasteiger partial charge in [-0.2, -0.15) is 0 Å². The maximum atomic E-state index is 9.45. The Bertz CT molecular complexity index is 421. The quantitative estimate of drug-likeness (QED) is 0.856. The molecule has 0 spiro atoms. The Morgan fingerprint density at radius 2 is 1.95 bits per heavy atom. The number of hydrogen-bond donors (Lipinski definition) is 2. The van der Waals surface area contributed by atoms with Crippen LogP contribution in [0.25, 0.3) is 0 Å². The van der Waals surface area contributed by atoms with Gasteiger partial charge in [-0.05, 0) is 36.4 Å². The summed E-state index contributed by atoms with van der Waals surface area (Å²) in [6.45, 7) is 10.8. The molecule has 1 heterocycles. The Balaban J connectivity index is 1.99. The summed E-state index contributed by atoms with van der Waals surface area (Å²) in [6.07, 6.45) is 0. The molecule has 0 aliphatic carbocycles. The van der Waals surface area contributed by atoms with Crippen LogP contribution in [0.3, 0.4) is 0 Å². The van der Waals surface area contributed by atoms with Crippen LogP contribution < -0.4 is 10.1 Å². The third-order valence-electron chi connectivity index (χ3n) is 4.09. The smallest absolute Gasteiger partial charge is 0.127 e. The van der Waals surface area contributed by atoms with E-state index in [0.29, 0.717) is 24.4 Å². The Hall–Kier alpha value is -1.22. The molecule has 1 aromatic rings. The van der Waals surface area contributed by atoms with Crippen LogP contribution >= 0.6 is 0 Å². The van der Waals surface area contributed by atoms with E-state index in [4.69, 9.17) is 4.74 Å². The van der Waals surface area contributed by atoms with Crippen molar-refractivity contribution in [1.29, 1.82) is 0 Å². The van der Waals surface area contributed by atoms with Crippen molar-refractivity contribution in [3.05, 3.63) is 23.8 Å². The Kier molecular flexibility index (Phi) is 4.35. The maximum absolute atomic E-state index is 9.45. The highest BCUT2D eigenvalue weighted by Gasteiger charge is 2.26. The molecule has 1 unspecified atom stereocenters. The minimum absolute atomic E-state index is 0.246. The number of ether oxygens (including phenoxy) is 1. The minimum atomic E-state index is 0.246. The Morgan fingerprint density at radius 3 is 2.58 bits per heavy atom. The first-order valence-corrected chi connectivity index (χ1v) is 7.18. The van der Waals surface area contributed by atoms with Gasteiger partial charge in [-0.25, -0.2) is 0 Å². The van der Waals surface area contributed by atoms with E-state index in [-0.39, 0.29) is 11.8 Å². The lowest BCUT2D eigenvalue weighted by Crippen LogP contribution is -2.33. The number of rotatable bonds is 5. The summed E-state index contributed by atoms with van der Waals surface area (Å²) in [6, 6.07) is 5.62. The molecule has 0 aromatic heterocycles. The molecule has 2 N–H and O–H groups in total. The third-order valence-corrected chi connectivity index (χ3v) is 4.09. The van der Waals surface area contributed by atoms with Gasteiger partial charge < -0.3 is 15.2 Å². The van der Waals surface area contributed by atoms with E-state index in [1.807, 2.05) is 6.07 Å². The molecule has 0 saturated carbocycles. The Labute approximate surface area is 116 Å². The highest BCUT2D eigenvalue weighted by molar-refractivity contribution is 5.44. The van der Waals surface area contributed by atoms with E-state index in [2.05, 4.69) is 33.0 Å². The second kappa shape index (κ2) is 5.83. The van der Waals surface area contributed by atoms with E-state index in [9.17, 15) is 5.11 Å². The molecule has 1 atom stereocenters. The zero-order valence-electron chi connectivity index (χ0n) is 12.3. The fraction of sp³-hybridized carbons (Fsp3) is 0.625. The number of hydrogen-bond acceptors (Lipinski definition) is 3. The summed E-state index contributed by atoms with van der Waals surface area (Å²) < 4.78 is 5.62. The molecule has 1 aromatic carbocycles. The number of fused-ring (bicyclic) bond motifs is 1. The van der Waals surface area contributed by atoms with Crippen molar-refractivity contribution in [3.8, 4) is 11.5 Å². The van der Waals surface area contributed by atoms with Crippen molar-refractivity contribution in [3.63, 3.8) is 0 Å². The van der Waals surface area contributed by atoms with Crippen molar-refractivity contribution in [2.75, 3.05) is 13.2 Å². The predicted octanol–water partition coefficient (Wildman–Crippen LogP) is 3.34. The molecule has 0 radical (unpaired) electrons. The summed E-state index contributed by atoms with van der Waals surface area (Å²) in [4.78, 5) is 0. The number of phenols is 1. The SMILES string of the molecule is CC(C)C(CNC1COc2cc(O)ccc21)C(C)C. The summed E-state index contributed by atoms with van der Waals surface area (Å²) in [5, 5.41) is 13.1. The van der Waals surface area contributed by atoms with Gasteiger partial charge in [-0.1, -0.05) is 27.7 Å². The first-order chi connectivity index (χ1) is 8.99. The van der Waals surface area contributed by atoms with Crippen molar-refractivity contribution >= 4 is 0 Å². The minimum Gasteiger partial charge on any atom is -0.508 e. The van der Waals surface area contributed by atoms with Crippen LogP contribution in [-0.2, 0) is 0 Å². The van der Waals surface area contributed by atoms with Crippen molar-refractivity contribution in [2.24, 2.45) is 17.8 Å². The molecule has 19 heavy (non-hydrogen) atoms. The van der Waals surface area contributed by atoms with Crippen LogP contribution in [0.15, 0.2) is 18.2 Å². The highest BCUT2D eigenvalue weighted by atomic mass is 16.5. The molecule has 3 nitrogen and oxygen atoms in total. The van der Waals surface area contributed by atoms with E-state index in [1.165, 1.54) is 0 Å².